The van der Waals surface area contributed by atoms with Gasteiger partial charge in [0.05, 0.1) is 7.11 Å². The van der Waals surface area contributed by atoms with Crippen LogP contribution in [0.15, 0.2) is 59.0 Å². The predicted molar refractivity (Wildman–Crippen MR) is 81.2 cm³/mol. The van der Waals surface area contributed by atoms with Crippen LogP contribution in [0, 0.1) is 0 Å². The van der Waals surface area contributed by atoms with Gasteiger partial charge in [-0.3, -0.25) is 0 Å². The van der Waals surface area contributed by atoms with E-state index < -0.39 is 0 Å². The van der Waals surface area contributed by atoms with Gasteiger partial charge in [0.1, 0.15) is 5.88 Å². The van der Waals surface area contributed by atoms with Gasteiger partial charge < -0.3 is 9.57 Å². The van der Waals surface area contributed by atoms with Gasteiger partial charge in [-0.25, -0.2) is 0 Å². The number of para-hydroxylation sites is 1. The Labute approximate surface area is 122 Å². The highest BCUT2D eigenvalue weighted by atomic mass is 32.2. The number of amidine groups is 1. The minimum Gasteiger partial charge on any atom is -0.466 e. The molecule has 1 aliphatic rings. The molecule has 0 saturated carbocycles. The second-order valence-corrected chi connectivity index (χ2v) is 4.87. The number of ether oxygens (including phenoxy) is 1. The van der Waals surface area contributed by atoms with Gasteiger partial charge in [0, 0.05) is 17.5 Å². The van der Waals surface area contributed by atoms with Crippen molar-refractivity contribution < 1.29 is 9.57 Å². The Bertz CT molecular complexity index is 616. The lowest BCUT2D eigenvalue weighted by molar-refractivity contribution is 0.0184. The zero-order valence-corrected chi connectivity index (χ0v) is 11.8. The summed E-state index contributed by atoms with van der Waals surface area (Å²) in [6, 6.07) is 18.6. The van der Waals surface area contributed by atoms with E-state index in [4.69, 9.17) is 9.57 Å². The third kappa shape index (κ3) is 2.58. The van der Waals surface area contributed by atoms with Crippen molar-refractivity contribution in [3.8, 4) is 16.9 Å². The third-order valence-electron chi connectivity index (χ3n) is 2.89. The van der Waals surface area contributed by atoms with Gasteiger partial charge in [-0.15, -0.1) is 5.06 Å². The summed E-state index contributed by atoms with van der Waals surface area (Å²) >= 11 is 1.40. The molecule has 0 saturated heterocycles. The molecule has 2 aromatic carbocycles. The van der Waals surface area contributed by atoms with Crippen LogP contribution in [-0.4, -0.2) is 24.1 Å². The zero-order chi connectivity index (χ0) is 13.8. The highest BCUT2D eigenvalue weighted by Crippen LogP contribution is 2.31. The number of hydrogen-bond donors (Lipinski definition) is 0. The Balaban J connectivity index is 1.89. The second kappa shape index (κ2) is 5.88. The van der Waals surface area contributed by atoms with Gasteiger partial charge >= 0.3 is 6.02 Å². The smallest absolute Gasteiger partial charge is 0.333 e. The van der Waals surface area contributed by atoms with E-state index in [0.717, 1.165) is 16.9 Å². The molecule has 0 fully saturated rings. The largest absolute Gasteiger partial charge is 0.466 e. The monoisotopic (exact) mass is 286 g/mol. The van der Waals surface area contributed by atoms with Crippen molar-refractivity contribution in [1.82, 2.24) is 5.06 Å². The first-order valence-corrected chi connectivity index (χ1v) is 7.16. The molecule has 0 radical (unpaired) electrons. The van der Waals surface area contributed by atoms with E-state index in [-0.39, 0.29) is 0 Å². The first kappa shape index (κ1) is 12.9. The summed E-state index contributed by atoms with van der Waals surface area (Å²) < 4.78 is 9.32. The number of methoxy groups -OCH3 is 1. The zero-order valence-electron chi connectivity index (χ0n) is 11.0. The van der Waals surface area contributed by atoms with Crippen LogP contribution in [0.5, 0.6) is 5.75 Å². The van der Waals surface area contributed by atoms with Crippen LogP contribution in [0.1, 0.15) is 0 Å². The van der Waals surface area contributed by atoms with E-state index in [9.17, 15) is 0 Å². The molecule has 0 amide bonds. The molecule has 0 aliphatic carbocycles. The van der Waals surface area contributed by atoms with Gasteiger partial charge in [0.15, 0.2) is 5.75 Å². The molecule has 4 nitrogen and oxygen atoms in total. The predicted octanol–water partition coefficient (Wildman–Crippen LogP) is 3.57. The molecule has 0 N–H and O–H groups in total. The van der Waals surface area contributed by atoms with E-state index in [1.807, 2.05) is 42.5 Å². The molecule has 20 heavy (non-hydrogen) atoms. The number of nitrogens with zero attached hydrogens (tertiary/aromatic N) is 2. The molecular weight excluding hydrogens is 272 g/mol. The van der Waals surface area contributed by atoms with Crippen molar-refractivity contribution in [3.63, 3.8) is 0 Å². The third-order valence-corrected chi connectivity index (χ3v) is 3.53. The minimum atomic E-state index is 0.484. The number of benzene rings is 2. The van der Waals surface area contributed by atoms with Gasteiger partial charge in [-0.2, -0.15) is 4.40 Å². The van der Waals surface area contributed by atoms with E-state index in [1.165, 1.54) is 11.9 Å². The normalized spacial score (nSPS) is 14.1. The molecule has 5 heteroatoms. The van der Waals surface area contributed by atoms with Crippen LogP contribution in [0.4, 0.5) is 0 Å². The van der Waals surface area contributed by atoms with Crippen LogP contribution in [-0.2, 0) is 4.74 Å². The molecule has 1 aliphatic heterocycles. The van der Waals surface area contributed by atoms with E-state index in [1.54, 1.807) is 12.2 Å². The van der Waals surface area contributed by atoms with Crippen LogP contribution < -0.4 is 4.84 Å². The maximum absolute atomic E-state index is 5.92. The Morgan fingerprint density at radius 3 is 2.60 bits per heavy atom. The molecule has 0 unspecified atom stereocenters. The lowest BCUT2D eigenvalue weighted by atomic mass is 10.1. The van der Waals surface area contributed by atoms with Crippen LogP contribution in [0.25, 0.3) is 11.1 Å². The van der Waals surface area contributed by atoms with Gasteiger partial charge in [0.2, 0.25) is 0 Å². The lowest BCUT2D eigenvalue weighted by Crippen LogP contribution is -2.31. The first-order valence-electron chi connectivity index (χ1n) is 6.22. The maximum atomic E-state index is 5.92. The Kier molecular flexibility index (Phi) is 3.78. The number of hydroxylamine groups is 2. The topological polar surface area (TPSA) is 34.1 Å². The fraction of sp³-hybridized carbons (Fsp3) is 0.133. The van der Waals surface area contributed by atoms with Crippen molar-refractivity contribution >= 4 is 18.0 Å². The molecule has 0 aromatic heterocycles. The Morgan fingerprint density at radius 2 is 1.80 bits per heavy atom. The number of rotatable bonds is 3. The van der Waals surface area contributed by atoms with Crippen molar-refractivity contribution in [2.45, 2.75) is 0 Å². The Morgan fingerprint density at radius 1 is 1.05 bits per heavy atom. The summed E-state index contributed by atoms with van der Waals surface area (Å²) in [5, 5.41) is 1.65. The average molecular weight is 286 g/mol. The van der Waals surface area contributed by atoms with E-state index in [0.29, 0.717) is 11.9 Å². The van der Waals surface area contributed by atoms with Crippen molar-refractivity contribution in [1.29, 1.82) is 0 Å². The summed E-state index contributed by atoms with van der Waals surface area (Å²) in [6.07, 6.45) is 0. The van der Waals surface area contributed by atoms with Crippen molar-refractivity contribution in [3.05, 3.63) is 54.6 Å². The van der Waals surface area contributed by atoms with Crippen molar-refractivity contribution in [2.75, 3.05) is 13.0 Å². The van der Waals surface area contributed by atoms with E-state index >= 15 is 0 Å². The van der Waals surface area contributed by atoms with Crippen LogP contribution >= 0.6 is 11.9 Å². The van der Waals surface area contributed by atoms with Crippen LogP contribution in [0.3, 0.4) is 0 Å². The standard InChI is InChI=1S/C15H14N2O2S/c1-18-15-16-20-11-17(15)19-14-10-6-5-9-13(14)12-7-3-2-4-8-12/h2-10H,11H2,1H3. The van der Waals surface area contributed by atoms with Gasteiger partial charge in [-0.05, 0) is 11.6 Å². The van der Waals surface area contributed by atoms with Crippen LogP contribution in [0.2, 0.25) is 0 Å². The highest BCUT2D eigenvalue weighted by Gasteiger charge is 2.21. The fourth-order valence-corrected chi connectivity index (χ4v) is 2.56. The average Bonchev–Trinajstić information content (AvgIpc) is 2.96. The minimum absolute atomic E-state index is 0.484. The summed E-state index contributed by atoms with van der Waals surface area (Å²) in [7, 11) is 1.59. The Hall–Kier alpha value is -2.14. The first-order chi connectivity index (χ1) is 9.88. The summed E-state index contributed by atoms with van der Waals surface area (Å²) in [5.41, 5.74) is 2.16. The van der Waals surface area contributed by atoms with Gasteiger partial charge in [0.25, 0.3) is 0 Å². The quantitative estimate of drug-likeness (QED) is 0.808. The lowest BCUT2D eigenvalue weighted by Gasteiger charge is -2.19. The maximum Gasteiger partial charge on any atom is 0.333 e. The highest BCUT2D eigenvalue weighted by molar-refractivity contribution is 7.98. The summed E-state index contributed by atoms with van der Waals surface area (Å²) in [4.78, 5) is 5.92. The van der Waals surface area contributed by atoms with E-state index in [2.05, 4.69) is 16.5 Å². The molecule has 3 rings (SSSR count). The molecule has 0 atom stereocenters. The van der Waals surface area contributed by atoms with Crippen molar-refractivity contribution in [2.24, 2.45) is 4.40 Å². The molecule has 0 bridgehead atoms. The second-order valence-electron chi connectivity index (χ2n) is 4.17. The molecule has 0 spiro atoms. The van der Waals surface area contributed by atoms with Gasteiger partial charge in [-0.1, -0.05) is 48.5 Å². The summed E-state index contributed by atoms with van der Waals surface area (Å²) in [6.45, 7) is 0. The number of hydrogen-bond acceptors (Lipinski definition) is 5. The fourth-order valence-electron chi connectivity index (χ4n) is 1.96. The summed E-state index contributed by atoms with van der Waals surface area (Å²) in [5.74, 6) is 1.40. The molecule has 102 valence electrons. The molecule has 1 heterocycles. The molecular formula is C15H14N2O2S. The SMILES string of the molecule is COC1=NSCN1Oc1ccccc1-c1ccccc1. The molecule has 2 aromatic rings.